The number of aliphatic hydroxyl groups is 1. The summed E-state index contributed by atoms with van der Waals surface area (Å²) in [5, 5.41) is 21.5. The Morgan fingerprint density at radius 2 is 2.12 bits per heavy atom. The van der Waals surface area contributed by atoms with Gasteiger partial charge in [0.1, 0.15) is 6.07 Å². The molecule has 2 N–H and O–H groups in total. The lowest BCUT2D eigenvalue weighted by molar-refractivity contribution is 0.171. The van der Waals surface area contributed by atoms with Gasteiger partial charge in [0, 0.05) is 24.3 Å². The van der Waals surface area contributed by atoms with Gasteiger partial charge in [0.25, 0.3) is 0 Å². The molecule has 17 heavy (non-hydrogen) atoms. The first-order valence-electron chi connectivity index (χ1n) is 5.63. The molecule has 0 aliphatic heterocycles. The number of pyridine rings is 1. The van der Waals surface area contributed by atoms with E-state index in [4.69, 9.17) is 5.26 Å². The molecule has 1 rings (SSSR count). The monoisotopic (exact) mass is 233 g/mol. The summed E-state index contributed by atoms with van der Waals surface area (Å²) in [6.45, 7) is 8.37. The molecule has 0 radical (unpaired) electrons. The van der Waals surface area contributed by atoms with Crippen LogP contribution in [0.4, 0.5) is 5.69 Å². The van der Waals surface area contributed by atoms with Crippen LogP contribution in [0.25, 0.3) is 0 Å². The van der Waals surface area contributed by atoms with Crippen molar-refractivity contribution in [3.8, 4) is 6.07 Å². The Morgan fingerprint density at radius 1 is 1.47 bits per heavy atom. The molecule has 4 heteroatoms. The Labute approximate surface area is 102 Å². The number of hydrogen-bond donors (Lipinski definition) is 2. The van der Waals surface area contributed by atoms with Crippen molar-refractivity contribution >= 4 is 5.69 Å². The number of nitriles is 1. The molecule has 0 saturated carbocycles. The van der Waals surface area contributed by atoms with Crippen LogP contribution in [0, 0.1) is 30.6 Å². The van der Waals surface area contributed by atoms with Crippen molar-refractivity contribution in [1.29, 1.82) is 5.26 Å². The fourth-order valence-corrected chi connectivity index (χ4v) is 1.50. The average Bonchev–Trinajstić information content (AvgIpc) is 2.26. The third-order valence-electron chi connectivity index (χ3n) is 2.63. The van der Waals surface area contributed by atoms with Gasteiger partial charge >= 0.3 is 0 Å². The topological polar surface area (TPSA) is 68.9 Å². The lowest BCUT2D eigenvalue weighted by Crippen LogP contribution is -2.27. The summed E-state index contributed by atoms with van der Waals surface area (Å²) in [7, 11) is 0. The third kappa shape index (κ3) is 3.43. The second-order valence-corrected chi connectivity index (χ2v) is 5.06. The van der Waals surface area contributed by atoms with Gasteiger partial charge in [-0.2, -0.15) is 5.26 Å². The van der Waals surface area contributed by atoms with Crippen LogP contribution in [-0.2, 0) is 0 Å². The highest BCUT2D eigenvalue weighted by Crippen LogP contribution is 2.21. The Balaban J connectivity index is 2.95. The maximum Gasteiger partial charge on any atom is 0.103 e. The Hall–Kier alpha value is -1.60. The molecule has 1 heterocycles. The Kier molecular flexibility index (Phi) is 4.08. The van der Waals surface area contributed by atoms with E-state index in [-0.39, 0.29) is 12.0 Å². The number of aliphatic hydroxyl groups excluding tert-OH is 1. The van der Waals surface area contributed by atoms with Crippen molar-refractivity contribution in [1.82, 2.24) is 4.98 Å². The standard InChI is InChI=1S/C13H19N3O/c1-9-5-12(11(6-14)10(2)16-9)15-7-13(3,4)8-17/h5,17H,7-8H2,1-4H3,(H,15,16). The molecule has 0 bridgehead atoms. The van der Waals surface area contributed by atoms with E-state index in [1.165, 1.54) is 0 Å². The van der Waals surface area contributed by atoms with Crippen LogP contribution < -0.4 is 5.32 Å². The number of nitrogens with zero attached hydrogens (tertiary/aromatic N) is 2. The molecular weight excluding hydrogens is 214 g/mol. The predicted molar refractivity (Wildman–Crippen MR) is 67.8 cm³/mol. The van der Waals surface area contributed by atoms with Gasteiger partial charge in [0.05, 0.1) is 16.9 Å². The van der Waals surface area contributed by atoms with Crippen molar-refractivity contribution in [2.45, 2.75) is 27.7 Å². The molecule has 0 amide bonds. The van der Waals surface area contributed by atoms with Gasteiger partial charge in [-0.15, -0.1) is 0 Å². The van der Waals surface area contributed by atoms with Crippen molar-refractivity contribution in [3.05, 3.63) is 23.0 Å². The predicted octanol–water partition coefficient (Wildman–Crippen LogP) is 2.00. The lowest BCUT2D eigenvalue weighted by Gasteiger charge is -2.23. The molecule has 0 aliphatic rings. The maximum absolute atomic E-state index is 9.19. The average molecular weight is 233 g/mol. The number of hydrogen-bond acceptors (Lipinski definition) is 4. The number of aromatic nitrogens is 1. The Bertz CT molecular complexity index is 447. The summed E-state index contributed by atoms with van der Waals surface area (Å²) in [6, 6.07) is 4.02. The summed E-state index contributed by atoms with van der Waals surface area (Å²) in [5.41, 5.74) is 2.77. The quantitative estimate of drug-likeness (QED) is 0.834. The van der Waals surface area contributed by atoms with Crippen LogP contribution in [0.2, 0.25) is 0 Å². The van der Waals surface area contributed by atoms with Gasteiger partial charge in [-0.25, -0.2) is 0 Å². The zero-order valence-corrected chi connectivity index (χ0v) is 10.8. The minimum Gasteiger partial charge on any atom is -0.396 e. The Morgan fingerprint density at radius 3 is 2.65 bits per heavy atom. The molecule has 92 valence electrons. The maximum atomic E-state index is 9.19. The van der Waals surface area contributed by atoms with E-state index in [1.54, 1.807) is 0 Å². The first kappa shape index (κ1) is 13.5. The van der Waals surface area contributed by atoms with Crippen LogP contribution in [0.1, 0.15) is 30.8 Å². The van der Waals surface area contributed by atoms with E-state index >= 15 is 0 Å². The lowest BCUT2D eigenvalue weighted by atomic mass is 9.94. The largest absolute Gasteiger partial charge is 0.396 e. The van der Waals surface area contributed by atoms with Crippen molar-refractivity contribution in [2.24, 2.45) is 5.41 Å². The number of nitrogens with one attached hydrogen (secondary N) is 1. The minimum atomic E-state index is -0.211. The van der Waals surface area contributed by atoms with Crippen molar-refractivity contribution in [2.75, 3.05) is 18.5 Å². The normalized spacial score (nSPS) is 11.1. The van der Waals surface area contributed by atoms with Gasteiger partial charge in [-0.05, 0) is 19.9 Å². The fourth-order valence-electron chi connectivity index (χ4n) is 1.50. The van der Waals surface area contributed by atoms with Crippen LogP contribution in [0.3, 0.4) is 0 Å². The zero-order chi connectivity index (χ0) is 13.1. The van der Waals surface area contributed by atoms with E-state index in [2.05, 4.69) is 16.4 Å². The van der Waals surface area contributed by atoms with Crippen molar-refractivity contribution < 1.29 is 5.11 Å². The van der Waals surface area contributed by atoms with Gasteiger partial charge in [0.15, 0.2) is 0 Å². The van der Waals surface area contributed by atoms with Gasteiger partial charge < -0.3 is 10.4 Å². The highest BCUT2D eigenvalue weighted by Gasteiger charge is 2.17. The summed E-state index contributed by atoms with van der Waals surface area (Å²) < 4.78 is 0. The molecule has 0 fully saturated rings. The molecule has 0 atom stereocenters. The van der Waals surface area contributed by atoms with E-state index in [0.29, 0.717) is 12.1 Å². The second-order valence-electron chi connectivity index (χ2n) is 5.06. The first-order valence-corrected chi connectivity index (χ1v) is 5.63. The van der Waals surface area contributed by atoms with Gasteiger partial charge in [-0.3, -0.25) is 4.98 Å². The molecule has 0 saturated heterocycles. The smallest absolute Gasteiger partial charge is 0.103 e. The number of rotatable bonds is 4. The molecule has 4 nitrogen and oxygen atoms in total. The summed E-state index contributed by atoms with van der Waals surface area (Å²) in [4.78, 5) is 4.26. The van der Waals surface area contributed by atoms with E-state index in [9.17, 15) is 5.11 Å². The van der Waals surface area contributed by atoms with Crippen molar-refractivity contribution in [3.63, 3.8) is 0 Å². The van der Waals surface area contributed by atoms with Crippen LogP contribution in [0.15, 0.2) is 6.07 Å². The molecule has 0 spiro atoms. The minimum absolute atomic E-state index is 0.102. The van der Waals surface area contributed by atoms with Gasteiger partial charge in [0.2, 0.25) is 0 Å². The highest BCUT2D eigenvalue weighted by atomic mass is 16.3. The molecule has 0 aromatic carbocycles. The zero-order valence-electron chi connectivity index (χ0n) is 10.8. The number of anilines is 1. The van der Waals surface area contributed by atoms with E-state index in [0.717, 1.165) is 17.1 Å². The highest BCUT2D eigenvalue weighted by molar-refractivity contribution is 5.59. The summed E-state index contributed by atoms with van der Waals surface area (Å²) >= 11 is 0. The molecule has 0 aliphatic carbocycles. The summed E-state index contributed by atoms with van der Waals surface area (Å²) in [5.74, 6) is 0. The van der Waals surface area contributed by atoms with Crippen LogP contribution in [0.5, 0.6) is 0 Å². The number of aryl methyl sites for hydroxylation is 2. The molecule has 1 aromatic rings. The van der Waals surface area contributed by atoms with E-state index < -0.39 is 0 Å². The molecular formula is C13H19N3O. The van der Waals surface area contributed by atoms with Crippen LogP contribution >= 0.6 is 0 Å². The van der Waals surface area contributed by atoms with Crippen LogP contribution in [-0.4, -0.2) is 23.2 Å². The SMILES string of the molecule is Cc1cc(NCC(C)(C)CO)c(C#N)c(C)n1. The van der Waals surface area contributed by atoms with E-state index in [1.807, 2.05) is 33.8 Å². The van der Waals surface area contributed by atoms with Gasteiger partial charge in [-0.1, -0.05) is 13.8 Å². The second kappa shape index (κ2) is 5.15. The first-order chi connectivity index (χ1) is 7.89. The third-order valence-corrected chi connectivity index (χ3v) is 2.63. The summed E-state index contributed by atoms with van der Waals surface area (Å²) in [6.07, 6.45) is 0. The molecule has 0 unspecified atom stereocenters. The molecule has 1 aromatic heterocycles. The fraction of sp³-hybridized carbons (Fsp3) is 0.538.